The SMILES string of the molecule is COc1cc2nc(CCc3ccccc3)c(Cc3ccccc3)cc2c(OC)c1OC. The molecular weight excluding hydrogens is 386 g/mol. The number of aromatic nitrogens is 1. The normalized spacial score (nSPS) is 10.8. The second kappa shape index (κ2) is 9.52. The summed E-state index contributed by atoms with van der Waals surface area (Å²) in [6.45, 7) is 0. The van der Waals surface area contributed by atoms with Gasteiger partial charge in [-0.25, -0.2) is 0 Å². The van der Waals surface area contributed by atoms with Crippen molar-refractivity contribution in [2.75, 3.05) is 21.3 Å². The largest absolute Gasteiger partial charge is 0.493 e. The van der Waals surface area contributed by atoms with Crippen LogP contribution >= 0.6 is 0 Å². The highest BCUT2D eigenvalue weighted by Gasteiger charge is 2.19. The lowest BCUT2D eigenvalue weighted by Gasteiger charge is -2.17. The summed E-state index contributed by atoms with van der Waals surface area (Å²) in [5.74, 6) is 1.85. The molecular formula is C27H27NO3. The predicted octanol–water partition coefficient (Wildman–Crippen LogP) is 5.64. The van der Waals surface area contributed by atoms with E-state index in [1.54, 1.807) is 21.3 Å². The Bertz CT molecular complexity index is 1160. The molecule has 0 saturated heterocycles. The molecule has 4 heteroatoms. The Morgan fingerprint density at radius 1 is 0.677 bits per heavy atom. The lowest BCUT2D eigenvalue weighted by atomic mass is 9.97. The van der Waals surface area contributed by atoms with Crippen molar-refractivity contribution in [2.24, 2.45) is 0 Å². The summed E-state index contributed by atoms with van der Waals surface area (Å²) in [6, 6.07) is 25.1. The quantitative estimate of drug-likeness (QED) is 0.375. The van der Waals surface area contributed by atoms with E-state index < -0.39 is 0 Å². The number of fused-ring (bicyclic) bond motifs is 1. The molecule has 0 aliphatic rings. The van der Waals surface area contributed by atoms with Gasteiger partial charge in [0.05, 0.1) is 26.8 Å². The van der Waals surface area contributed by atoms with Gasteiger partial charge in [0.25, 0.3) is 0 Å². The standard InChI is InChI=1S/C27H27NO3/c1-29-25-18-24-22(26(30-2)27(25)31-3)17-21(16-20-12-8-5-9-13-20)23(28-24)15-14-19-10-6-4-7-11-19/h4-13,17-18H,14-16H2,1-3H3. The Balaban J connectivity index is 1.83. The highest BCUT2D eigenvalue weighted by atomic mass is 16.5. The summed E-state index contributed by atoms with van der Waals surface area (Å²) in [6.07, 6.45) is 2.61. The van der Waals surface area contributed by atoms with Crippen LogP contribution in [-0.2, 0) is 19.3 Å². The van der Waals surface area contributed by atoms with Gasteiger partial charge in [-0.15, -0.1) is 0 Å². The first kappa shape index (κ1) is 20.7. The molecule has 0 aliphatic heterocycles. The van der Waals surface area contributed by atoms with Gasteiger partial charge in [-0.05, 0) is 42.0 Å². The summed E-state index contributed by atoms with van der Waals surface area (Å²) in [5, 5.41) is 0.926. The molecule has 0 fully saturated rings. The lowest BCUT2D eigenvalue weighted by molar-refractivity contribution is 0.327. The first-order valence-corrected chi connectivity index (χ1v) is 10.4. The highest BCUT2D eigenvalue weighted by Crippen LogP contribution is 2.43. The Labute approximate surface area is 183 Å². The molecule has 0 bridgehead atoms. The minimum Gasteiger partial charge on any atom is -0.493 e. The molecule has 0 spiro atoms. The van der Waals surface area contributed by atoms with E-state index in [2.05, 4.69) is 54.6 Å². The molecule has 158 valence electrons. The topological polar surface area (TPSA) is 40.6 Å². The van der Waals surface area contributed by atoms with Gasteiger partial charge >= 0.3 is 0 Å². The Morgan fingerprint density at radius 3 is 1.94 bits per heavy atom. The van der Waals surface area contributed by atoms with Gasteiger partial charge in [-0.1, -0.05) is 60.7 Å². The van der Waals surface area contributed by atoms with Crippen molar-refractivity contribution in [3.05, 3.63) is 95.2 Å². The van der Waals surface area contributed by atoms with E-state index in [4.69, 9.17) is 19.2 Å². The van der Waals surface area contributed by atoms with Crippen LogP contribution < -0.4 is 14.2 Å². The predicted molar refractivity (Wildman–Crippen MR) is 124 cm³/mol. The van der Waals surface area contributed by atoms with E-state index in [9.17, 15) is 0 Å². The lowest BCUT2D eigenvalue weighted by Crippen LogP contribution is -2.04. The fourth-order valence-corrected chi connectivity index (χ4v) is 3.97. The third-order valence-corrected chi connectivity index (χ3v) is 5.52. The third kappa shape index (κ3) is 4.48. The zero-order valence-electron chi connectivity index (χ0n) is 18.2. The molecule has 1 heterocycles. The smallest absolute Gasteiger partial charge is 0.204 e. The third-order valence-electron chi connectivity index (χ3n) is 5.52. The number of rotatable bonds is 8. The number of aryl methyl sites for hydroxylation is 2. The molecule has 0 unspecified atom stereocenters. The van der Waals surface area contributed by atoms with Gasteiger partial charge in [0, 0.05) is 17.1 Å². The summed E-state index contributed by atoms with van der Waals surface area (Å²) < 4.78 is 16.8. The maximum atomic E-state index is 5.72. The maximum absolute atomic E-state index is 5.72. The first-order chi connectivity index (χ1) is 15.2. The van der Waals surface area contributed by atoms with E-state index in [1.807, 2.05) is 18.2 Å². The van der Waals surface area contributed by atoms with Crippen molar-refractivity contribution in [2.45, 2.75) is 19.3 Å². The molecule has 0 amide bonds. The van der Waals surface area contributed by atoms with E-state index in [1.165, 1.54) is 16.7 Å². The fraction of sp³-hybridized carbons (Fsp3) is 0.222. The second-order valence-corrected chi connectivity index (χ2v) is 7.45. The van der Waals surface area contributed by atoms with Crippen LogP contribution in [0.3, 0.4) is 0 Å². The molecule has 4 aromatic rings. The van der Waals surface area contributed by atoms with Crippen LogP contribution in [0.4, 0.5) is 0 Å². The number of pyridine rings is 1. The van der Waals surface area contributed by atoms with E-state index in [0.717, 1.165) is 35.9 Å². The van der Waals surface area contributed by atoms with Gasteiger partial charge in [0.1, 0.15) is 0 Å². The van der Waals surface area contributed by atoms with Crippen molar-refractivity contribution in [1.82, 2.24) is 4.98 Å². The van der Waals surface area contributed by atoms with Gasteiger partial charge in [0.15, 0.2) is 11.5 Å². The van der Waals surface area contributed by atoms with Crippen molar-refractivity contribution in [3.8, 4) is 17.2 Å². The van der Waals surface area contributed by atoms with Gasteiger partial charge in [0.2, 0.25) is 5.75 Å². The van der Waals surface area contributed by atoms with Crippen LogP contribution in [0.5, 0.6) is 17.2 Å². The number of ether oxygens (including phenoxy) is 3. The molecule has 0 aliphatic carbocycles. The van der Waals surface area contributed by atoms with Crippen molar-refractivity contribution >= 4 is 10.9 Å². The average molecular weight is 414 g/mol. The number of benzene rings is 3. The van der Waals surface area contributed by atoms with Gasteiger partial charge in [-0.2, -0.15) is 0 Å². The molecule has 4 rings (SSSR count). The number of methoxy groups -OCH3 is 3. The van der Waals surface area contributed by atoms with Crippen LogP contribution in [0.2, 0.25) is 0 Å². The summed E-state index contributed by atoms with van der Waals surface area (Å²) in [7, 11) is 4.90. The molecule has 4 nitrogen and oxygen atoms in total. The van der Waals surface area contributed by atoms with E-state index in [0.29, 0.717) is 17.2 Å². The zero-order valence-corrected chi connectivity index (χ0v) is 18.2. The molecule has 0 saturated carbocycles. The van der Waals surface area contributed by atoms with Crippen molar-refractivity contribution in [1.29, 1.82) is 0 Å². The second-order valence-electron chi connectivity index (χ2n) is 7.45. The Kier molecular flexibility index (Phi) is 6.37. The summed E-state index contributed by atoms with van der Waals surface area (Å²) in [5.41, 5.74) is 5.69. The molecule has 3 aromatic carbocycles. The number of hydrogen-bond donors (Lipinski definition) is 0. The summed E-state index contributed by atoms with van der Waals surface area (Å²) >= 11 is 0. The zero-order chi connectivity index (χ0) is 21.6. The van der Waals surface area contributed by atoms with Crippen molar-refractivity contribution < 1.29 is 14.2 Å². The van der Waals surface area contributed by atoms with Gasteiger partial charge in [-0.3, -0.25) is 4.98 Å². The molecule has 0 N–H and O–H groups in total. The van der Waals surface area contributed by atoms with Crippen molar-refractivity contribution in [3.63, 3.8) is 0 Å². The molecule has 0 radical (unpaired) electrons. The van der Waals surface area contributed by atoms with Crippen LogP contribution in [0.1, 0.15) is 22.4 Å². The van der Waals surface area contributed by atoms with Gasteiger partial charge < -0.3 is 14.2 Å². The number of nitrogens with zero attached hydrogens (tertiary/aromatic N) is 1. The van der Waals surface area contributed by atoms with Crippen LogP contribution in [-0.4, -0.2) is 26.3 Å². The first-order valence-electron chi connectivity index (χ1n) is 10.4. The van der Waals surface area contributed by atoms with E-state index >= 15 is 0 Å². The highest BCUT2D eigenvalue weighted by molar-refractivity contribution is 5.91. The minimum absolute atomic E-state index is 0.585. The van der Waals surface area contributed by atoms with Crippen LogP contribution in [0.25, 0.3) is 10.9 Å². The van der Waals surface area contributed by atoms with Crippen LogP contribution in [0, 0.1) is 0 Å². The summed E-state index contributed by atoms with van der Waals surface area (Å²) in [4.78, 5) is 5.06. The molecule has 31 heavy (non-hydrogen) atoms. The molecule has 0 atom stereocenters. The Morgan fingerprint density at radius 2 is 1.32 bits per heavy atom. The van der Waals surface area contributed by atoms with Crippen LogP contribution in [0.15, 0.2) is 72.8 Å². The number of hydrogen-bond acceptors (Lipinski definition) is 4. The minimum atomic E-state index is 0.585. The maximum Gasteiger partial charge on any atom is 0.204 e. The fourth-order valence-electron chi connectivity index (χ4n) is 3.97. The molecule has 1 aromatic heterocycles. The monoisotopic (exact) mass is 413 g/mol. The average Bonchev–Trinajstić information content (AvgIpc) is 2.82. The van der Waals surface area contributed by atoms with E-state index in [-0.39, 0.29) is 0 Å². The Hall–Kier alpha value is -3.53.